The van der Waals surface area contributed by atoms with Gasteiger partial charge in [-0.3, -0.25) is 14.3 Å². The highest BCUT2D eigenvalue weighted by molar-refractivity contribution is 6.31. The van der Waals surface area contributed by atoms with Crippen LogP contribution < -0.4 is 11.2 Å². The summed E-state index contributed by atoms with van der Waals surface area (Å²) in [5.74, 6) is -1.04. The number of aromatic nitrogens is 2. The molecule has 2 N–H and O–H groups in total. The molecule has 2 aromatic carbocycles. The Morgan fingerprint density at radius 1 is 1.17 bits per heavy atom. The lowest BCUT2D eigenvalue weighted by Gasteiger charge is -2.10. The Balaban J connectivity index is 2.17. The zero-order chi connectivity index (χ0) is 16.6. The molecule has 0 spiro atoms. The molecule has 7 heteroatoms. The van der Waals surface area contributed by atoms with E-state index in [4.69, 9.17) is 16.7 Å². The van der Waals surface area contributed by atoms with Crippen molar-refractivity contribution in [2.75, 3.05) is 0 Å². The molecule has 0 saturated heterocycles. The van der Waals surface area contributed by atoms with E-state index in [0.717, 1.165) is 0 Å². The van der Waals surface area contributed by atoms with Crippen LogP contribution in [0.4, 0.5) is 0 Å². The number of carboxylic acids is 1. The van der Waals surface area contributed by atoms with Crippen molar-refractivity contribution in [2.24, 2.45) is 0 Å². The fraction of sp³-hybridized carbons (Fsp3) is 0.0625. The summed E-state index contributed by atoms with van der Waals surface area (Å²) in [6, 6.07) is 10.9. The van der Waals surface area contributed by atoms with Crippen molar-refractivity contribution in [2.45, 2.75) is 6.54 Å². The van der Waals surface area contributed by atoms with Crippen molar-refractivity contribution in [3.05, 3.63) is 79.5 Å². The summed E-state index contributed by atoms with van der Waals surface area (Å²) in [5.41, 5.74) is 0.125. The van der Waals surface area contributed by atoms with E-state index < -0.39 is 17.2 Å². The Morgan fingerprint density at radius 3 is 2.70 bits per heavy atom. The van der Waals surface area contributed by atoms with Crippen LogP contribution >= 0.6 is 11.6 Å². The van der Waals surface area contributed by atoms with Gasteiger partial charge in [-0.2, -0.15) is 0 Å². The third-order valence-corrected chi connectivity index (χ3v) is 3.71. The van der Waals surface area contributed by atoms with Crippen molar-refractivity contribution in [3.8, 4) is 0 Å². The molecule has 3 aromatic rings. The topological polar surface area (TPSA) is 92.2 Å². The number of rotatable bonds is 3. The number of hydrogen-bond donors (Lipinski definition) is 2. The second kappa shape index (κ2) is 5.73. The number of carboxylic acid groups (broad SMARTS) is 1. The first-order valence-electron chi connectivity index (χ1n) is 6.70. The van der Waals surface area contributed by atoms with Gasteiger partial charge in [-0.1, -0.05) is 23.7 Å². The van der Waals surface area contributed by atoms with Gasteiger partial charge >= 0.3 is 11.7 Å². The number of aromatic carboxylic acids is 1. The molecule has 6 nitrogen and oxygen atoms in total. The van der Waals surface area contributed by atoms with Crippen LogP contribution in [0, 0.1) is 0 Å². The van der Waals surface area contributed by atoms with Crippen LogP contribution in [0.15, 0.2) is 52.1 Å². The monoisotopic (exact) mass is 330 g/mol. The van der Waals surface area contributed by atoms with Crippen LogP contribution in [0.1, 0.15) is 15.9 Å². The van der Waals surface area contributed by atoms with Crippen molar-refractivity contribution < 1.29 is 9.90 Å². The maximum Gasteiger partial charge on any atom is 0.335 e. The lowest BCUT2D eigenvalue weighted by Crippen LogP contribution is -2.30. The van der Waals surface area contributed by atoms with Gasteiger partial charge in [0.1, 0.15) is 0 Å². The normalized spacial score (nSPS) is 10.8. The molecule has 0 aliphatic rings. The summed E-state index contributed by atoms with van der Waals surface area (Å²) in [6.07, 6.45) is 0. The van der Waals surface area contributed by atoms with Gasteiger partial charge in [-0.25, -0.2) is 9.59 Å². The molecular weight excluding hydrogens is 320 g/mol. The summed E-state index contributed by atoms with van der Waals surface area (Å²) >= 11 is 5.89. The number of H-pyrrole nitrogens is 1. The molecule has 0 aliphatic carbocycles. The molecule has 0 bridgehead atoms. The molecule has 0 radical (unpaired) electrons. The van der Waals surface area contributed by atoms with E-state index in [2.05, 4.69) is 4.98 Å². The van der Waals surface area contributed by atoms with Gasteiger partial charge in [0.25, 0.3) is 5.56 Å². The van der Waals surface area contributed by atoms with Gasteiger partial charge in [-0.05, 0) is 35.9 Å². The molecule has 1 heterocycles. The molecular formula is C16H11ClN2O4. The lowest BCUT2D eigenvalue weighted by atomic mass is 10.1. The third kappa shape index (κ3) is 2.89. The number of benzene rings is 2. The Bertz CT molecular complexity index is 1040. The summed E-state index contributed by atoms with van der Waals surface area (Å²) < 4.78 is 1.37. The quantitative estimate of drug-likeness (QED) is 0.769. The molecule has 0 aliphatic heterocycles. The summed E-state index contributed by atoms with van der Waals surface area (Å²) in [7, 11) is 0. The van der Waals surface area contributed by atoms with Gasteiger partial charge in [-0.15, -0.1) is 0 Å². The Morgan fingerprint density at radius 2 is 1.96 bits per heavy atom. The lowest BCUT2D eigenvalue weighted by molar-refractivity contribution is 0.0696. The minimum Gasteiger partial charge on any atom is -0.478 e. The van der Waals surface area contributed by atoms with Gasteiger partial charge in [0.2, 0.25) is 0 Å². The molecule has 3 rings (SSSR count). The molecule has 0 unspecified atom stereocenters. The smallest absolute Gasteiger partial charge is 0.335 e. The predicted molar refractivity (Wildman–Crippen MR) is 86.3 cm³/mol. The largest absolute Gasteiger partial charge is 0.478 e. The molecule has 0 amide bonds. The van der Waals surface area contributed by atoms with E-state index in [-0.39, 0.29) is 12.1 Å². The number of hydrogen-bond acceptors (Lipinski definition) is 3. The van der Waals surface area contributed by atoms with E-state index >= 15 is 0 Å². The predicted octanol–water partition coefficient (Wildman–Crippen LogP) is 2.09. The minimum absolute atomic E-state index is 0.132. The van der Waals surface area contributed by atoms with E-state index in [9.17, 15) is 14.4 Å². The minimum atomic E-state index is -1.04. The summed E-state index contributed by atoms with van der Waals surface area (Å²) in [4.78, 5) is 37.3. The van der Waals surface area contributed by atoms with Crippen LogP contribution in [0.3, 0.4) is 0 Å². The number of fused-ring (bicyclic) bond motifs is 1. The second-order valence-corrected chi connectivity index (χ2v) is 5.45. The first-order valence-corrected chi connectivity index (χ1v) is 7.08. The summed E-state index contributed by atoms with van der Waals surface area (Å²) in [5, 5.41) is 9.73. The zero-order valence-corrected chi connectivity index (χ0v) is 12.5. The molecule has 1 aromatic heterocycles. The Labute approximate surface area is 134 Å². The SMILES string of the molecule is O=C(O)c1cccc(Cn2c(=O)[nH]c(=O)c3cc(Cl)ccc32)c1. The van der Waals surface area contributed by atoms with Gasteiger partial charge in [0.15, 0.2) is 0 Å². The van der Waals surface area contributed by atoms with Crippen LogP contribution in [0.5, 0.6) is 0 Å². The molecule has 116 valence electrons. The van der Waals surface area contributed by atoms with Gasteiger partial charge < -0.3 is 5.11 Å². The average Bonchev–Trinajstić information content (AvgIpc) is 2.52. The number of aromatic amines is 1. The van der Waals surface area contributed by atoms with Crippen LogP contribution in [0.25, 0.3) is 10.9 Å². The first-order chi connectivity index (χ1) is 11.0. The number of carbonyl (C=O) groups is 1. The molecule has 0 atom stereocenters. The van der Waals surface area contributed by atoms with E-state index in [1.54, 1.807) is 24.3 Å². The number of halogens is 1. The fourth-order valence-corrected chi connectivity index (χ4v) is 2.58. The highest BCUT2D eigenvalue weighted by atomic mass is 35.5. The van der Waals surface area contributed by atoms with Crippen molar-refractivity contribution in [3.63, 3.8) is 0 Å². The highest BCUT2D eigenvalue weighted by Crippen LogP contribution is 2.16. The standard InChI is InChI=1S/C16H11ClN2O4/c17-11-4-5-13-12(7-11)14(20)18-16(23)19(13)8-9-2-1-3-10(6-9)15(21)22/h1-7H,8H2,(H,21,22)(H,18,20,23). The zero-order valence-electron chi connectivity index (χ0n) is 11.7. The van der Waals surface area contributed by atoms with Crippen molar-refractivity contribution >= 4 is 28.5 Å². The van der Waals surface area contributed by atoms with Crippen molar-refractivity contribution in [1.29, 1.82) is 0 Å². The van der Waals surface area contributed by atoms with Crippen molar-refractivity contribution in [1.82, 2.24) is 9.55 Å². The van der Waals surface area contributed by atoms with Crippen LogP contribution in [0.2, 0.25) is 5.02 Å². The van der Waals surface area contributed by atoms with Gasteiger partial charge in [0.05, 0.1) is 23.0 Å². The maximum absolute atomic E-state index is 12.1. The van der Waals surface area contributed by atoms with E-state index in [1.165, 1.54) is 22.8 Å². The van der Waals surface area contributed by atoms with E-state index in [0.29, 0.717) is 21.5 Å². The Hall–Kier alpha value is -2.86. The fourth-order valence-electron chi connectivity index (χ4n) is 2.41. The molecule has 0 fully saturated rings. The van der Waals surface area contributed by atoms with Gasteiger partial charge in [0, 0.05) is 5.02 Å². The molecule has 0 saturated carbocycles. The number of nitrogens with zero attached hydrogens (tertiary/aromatic N) is 1. The van der Waals surface area contributed by atoms with E-state index in [1.807, 2.05) is 0 Å². The third-order valence-electron chi connectivity index (χ3n) is 3.47. The molecule has 23 heavy (non-hydrogen) atoms. The first kappa shape index (κ1) is 15.1. The maximum atomic E-state index is 12.1. The Kier molecular flexibility index (Phi) is 3.75. The average molecular weight is 331 g/mol. The highest BCUT2D eigenvalue weighted by Gasteiger charge is 2.10. The van der Waals surface area contributed by atoms with Crippen LogP contribution in [-0.4, -0.2) is 20.6 Å². The second-order valence-electron chi connectivity index (χ2n) is 5.01. The number of nitrogens with one attached hydrogen (secondary N) is 1. The van der Waals surface area contributed by atoms with Crippen LogP contribution in [-0.2, 0) is 6.54 Å². The summed E-state index contributed by atoms with van der Waals surface area (Å²) in [6.45, 7) is 0.134.